The second kappa shape index (κ2) is 7.69. The predicted octanol–water partition coefficient (Wildman–Crippen LogP) is 3.18. The molecule has 0 aliphatic carbocycles. The Balaban J connectivity index is 2.70. The number of hydrogen-bond acceptors (Lipinski definition) is 3. The standard InChI is InChI=1S/C13H22N2S/c1-4-7-15-13(6-9-16-3)12-10-14-8-5-11(12)2/h5,8,10,13,15H,4,6-7,9H2,1-3H3. The lowest BCUT2D eigenvalue weighted by molar-refractivity contribution is 0.518. The van der Waals surface area contributed by atoms with E-state index in [2.05, 4.69) is 36.5 Å². The maximum atomic E-state index is 4.24. The van der Waals surface area contributed by atoms with Crippen LogP contribution in [0.2, 0.25) is 0 Å². The van der Waals surface area contributed by atoms with Crippen LogP contribution >= 0.6 is 11.8 Å². The second-order valence-corrected chi connectivity index (χ2v) is 5.01. The summed E-state index contributed by atoms with van der Waals surface area (Å²) in [6.45, 7) is 5.44. The van der Waals surface area contributed by atoms with Crippen molar-refractivity contribution >= 4 is 11.8 Å². The molecule has 1 unspecified atom stereocenters. The van der Waals surface area contributed by atoms with Gasteiger partial charge in [0, 0.05) is 18.4 Å². The monoisotopic (exact) mass is 238 g/mol. The third kappa shape index (κ3) is 4.14. The van der Waals surface area contributed by atoms with Gasteiger partial charge in [-0.25, -0.2) is 0 Å². The van der Waals surface area contributed by atoms with Crippen molar-refractivity contribution in [3.05, 3.63) is 29.6 Å². The SMILES string of the molecule is CCCNC(CCSC)c1cnccc1C. The Morgan fingerprint density at radius 3 is 2.94 bits per heavy atom. The highest BCUT2D eigenvalue weighted by Crippen LogP contribution is 2.21. The molecule has 0 aliphatic rings. The summed E-state index contributed by atoms with van der Waals surface area (Å²) in [7, 11) is 0. The molecule has 1 aromatic rings. The van der Waals surface area contributed by atoms with Gasteiger partial charge in [-0.05, 0) is 55.5 Å². The van der Waals surface area contributed by atoms with E-state index >= 15 is 0 Å². The minimum absolute atomic E-state index is 0.459. The van der Waals surface area contributed by atoms with E-state index in [-0.39, 0.29) is 0 Å². The molecule has 90 valence electrons. The van der Waals surface area contributed by atoms with E-state index in [9.17, 15) is 0 Å². The van der Waals surface area contributed by atoms with Gasteiger partial charge < -0.3 is 5.32 Å². The summed E-state index contributed by atoms with van der Waals surface area (Å²) in [6, 6.07) is 2.55. The number of nitrogens with one attached hydrogen (secondary N) is 1. The average molecular weight is 238 g/mol. The maximum Gasteiger partial charge on any atom is 0.0345 e. The molecule has 1 N–H and O–H groups in total. The first-order chi connectivity index (χ1) is 7.79. The molecule has 1 aromatic heterocycles. The van der Waals surface area contributed by atoms with E-state index in [1.165, 1.54) is 29.7 Å². The Hall–Kier alpha value is -0.540. The zero-order chi connectivity index (χ0) is 11.8. The molecule has 0 saturated heterocycles. The smallest absolute Gasteiger partial charge is 0.0345 e. The molecule has 0 saturated carbocycles. The average Bonchev–Trinajstić information content (AvgIpc) is 2.31. The van der Waals surface area contributed by atoms with Gasteiger partial charge in [0.2, 0.25) is 0 Å². The van der Waals surface area contributed by atoms with Gasteiger partial charge in [-0.2, -0.15) is 11.8 Å². The molecule has 0 fully saturated rings. The Labute approximate surface area is 103 Å². The molecule has 0 bridgehead atoms. The summed E-state index contributed by atoms with van der Waals surface area (Å²) in [5.74, 6) is 1.19. The van der Waals surface area contributed by atoms with Crippen LogP contribution in [-0.2, 0) is 0 Å². The highest BCUT2D eigenvalue weighted by Gasteiger charge is 2.12. The first kappa shape index (κ1) is 13.5. The summed E-state index contributed by atoms with van der Waals surface area (Å²) >= 11 is 1.90. The minimum atomic E-state index is 0.459. The zero-order valence-electron chi connectivity index (χ0n) is 10.5. The van der Waals surface area contributed by atoms with Gasteiger partial charge in [0.1, 0.15) is 0 Å². The zero-order valence-corrected chi connectivity index (χ0v) is 11.3. The van der Waals surface area contributed by atoms with Gasteiger partial charge in [0.05, 0.1) is 0 Å². The van der Waals surface area contributed by atoms with Crippen LogP contribution in [-0.4, -0.2) is 23.5 Å². The van der Waals surface area contributed by atoms with Crippen molar-refractivity contribution in [1.29, 1.82) is 0 Å². The van der Waals surface area contributed by atoms with E-state index in [4.69, 9.17) is 0 Å². The summed E-state index contributed by atoms with van der Waals surface area (Å²) in [5.41, 5.74) is 2.69. The topological polar surface area (TPSA) is 24.9 Å². The third-order valence-electron chi connectivity index (χ3n) is 2.71. The molecule has 1 rings (SSSR count). The van der Waals surface area contributed by atoms with Crippen LogP contribution in [0.5, 0.6) is 0 Å². The number of hydrogen-bond donors (Lipinski definition) is 1. The highest BCUT2D eigenvalue weighted by molar-refractivity contribution is 7.98. The lowest BCUT2D eigenvalue weighted by Crippen LogP contribution is -2.23. The van der Waals surface area contributed by atoms with Gasteiger partial charge in [-0.3, -0.25) is 4.98 Å². The van der Waals surface area contributed by atoms with E-state index in [0.29, 0.717) is 6.04 Å². The fourth-order valence-corrected chi connectivity index (χ4v) is 2.23. The van der Waals surface area contributed by atoms with E-state index in [1.807, 2.05) is 24.2 Å². The molecule has 1 heterocycles. The maximum absolute atomic E-state index is 4.24. The molecule has 0 aromatic carbocycles. The van der Waals surface area contributed by atoms with Crippen LogP contribution in [0.1, 0.15) is 36.9 Å². The fourth-order valence-electron chi connectivity index (χ4n) is 1.76. The van der Waals surface area contributed by atoms with Crippen LogP contribution in [0, 0.1) is 6.92 Å². The summed E-state index contributed by atoms with van der Waals surface area (Å²) in [4.78, 5) is 4.24. The van der Waals surface area contributed by atoms with Crippen LogP contribution in [0.4, 0.5) is 0 Å². The minimum Gasteiger partial charge on any atom is -0.310 e. The quantitative estimate of drug-likeness (QED) is 0.789. The fraction of sp³-hybridized carbons (Fsp3) is 0.615. The number of aryl methyl sites for hydroxylation is 1. The van der Waals surface area contributed by atoms with Crippen LogP contribution in [0.25, 0.3) is 0 Å². The molecule has 0 amide bonds. The molecule has 0 spiro atoms. The second-order valence-electron chi connectivity index (χ2n) is 4.02. The van der Waals surface area contributed by atoms with E-state index in [1.54, 1.807) is 0 Å². The number of thioether (sulfide) groups is 1. The van der Waals surface area contributed by atoms with Crippen molar-refractivity contribution in [2.75, 3.05) is 18.6 Å². The molecule has 0 radical (unpaired) electrons. The molecular weight excluding hydrogens is 216 g/mol. The number of nitrogens with zero attached hydrogens (tertiary/aromatic N) is 1. The first-order valence-electron chi connectivity index (χ1n) is 5.92. The van der Waals surface area contributed by atoms with Gasteiger partial charge >= 0.3 is 0 Å². The molecular formula is C13H22N2S. The Morgan fingerprint density at radius 2 is 2.31 bits per heavy atom. The van der Waals surface area contributed by atoms with E-state index in [0.717, 1.165) is 6.54 Å². The van der Waals surface area contributed by atoms with Crippen molar-refractivity contribution in [3.8, 4) is 0 Å². The van der Waals surface area contributed by atoms with Crippen LogP contribution < -0.4 is 5.32 Å². The van der Waals surface area contributed by atoms with Crippen molar-refractivity contribution in [2.45, 2.75) is 32.7 Å². The van der Waals surface area contributed by atoms with Crippen molar-refractivity contribution in [3.63, 3.8) is 0 Å². The molecule has 3 heteroatoms. The normalized spacial score (nSPS) is 12.7. The predicted molar refractivity (Wildman–Crippen MR) is 73.0 cm³/mol. The van der Waals surface area contributed by atoms with Crippen molar-refractivity contribution in [1.82, 2.24) is 10.3 Å². The van der Waals surface area contributed by atoms with Gasteiger partial charge in [-0.15, -0.1) is 0 Å². The summed E-state index contributed by atoms with van der Waals surface area (Å²) < 4.78 is 0. The Morgan fingerprint density at radius 1 is 1.50 bits per heavy atom. The number of pyridine rings is 1. The molecule has 1 atom stereocenters. The van der Waals surface area contributed by atoms with Crippen LogP contribution in [0.15, 0.2) is 18.5 Å². The number of rotatable bonds is 7. The Kier molecular flexibility index (Phi) is 6.50. The van der Waals surface area contributed by atoms with Crippen molar-refractivity contribution in [2.24, 2.45) is 0 Å². The highest BCUT2D eigenvalue weighted by atomic mass is 32.2. The van der Waals surface area contributed by atoms with Gasteiger partial charge in [0.25, 0.3) is 0 Å². The molecule has 0 aliphatic heterocycles. The third-order valence-corrected chi connectivity index (χ3v) is 3.35. The molecule has 2 nitrogen and oxygen atoms in total. The Bertz CT molecular complexity index is 294. The number of aromatic nitrogens is 1. The van der Waals surface area contributed by atoms with Gasteiger partial charge in [-0.1, -0.05) is 6.92 Å². The van der Waals surface area contributed by atoms with Gasteiger partial charge in [0.15, 0.2) is 0 Å². The lowest BCUT2D eigenvalue weighted by atomic mass is 10.0. The van der Waals surface area contributed by atoms with E-state index < -0.39 is 0 Å². The summed E-state index contributed by atoms with van der Waals surface area (Å²) in [5, 5.41) is 3.61. The largest absolute Gasteiger partial charge is 0.310 e. The lowest BCUT2D eigenvalue weighted by Gasteiger charge is -2.20. The molecule has 16 heavy (non-hydrogen) atoms. The van der Waals surface area contributed by atoms with Crippen molar-refractivity contribution < 1.29 is 0 Å². The van der Waals surface area contributed by atoms with Crippen LogP contribution in [0.3, 0.4) is 0 Å². The summed E-state index contributed by atoms with van der Waals surface area (Å²) in [6.07, 6.45) is 8.38. The first-order valence-corrected chi connectivity index (χ1v) is 7.31.